The smallest absolute Gasteiger partial charge is 0.146 e. The molecule has 46 heavy (non-hydrogen) atoms. The summed E-state index contributed by atoms with van der Waals surface area (Å²) in [5.41, 5.74) is 11.1. The third-order valence-electron chi connectivity index (χ3n) is 8.87. The van der Waals surface area contributed by atoms with E-state index >= 15 is 0 Å². The minimum Gasteiger partial charge on any atom is -0.507 e. The van der Waals surface area contributed by atoms with Crippen molar-refractivity contribution in [3.8, 4) is 45.1 Å². The molecule has 0 saturated carbocycles. The van der Waals surface area contributed by atoms with Crippen LogP contribution in [-0.2, 0) is 10.8 Å². The molecule has 0 saturated heterocycles. The number of phenols is 1. The van der Waals surface area contributed by atoms with Crippen molar-refractivity contribution >= 4 is 21.9 Å². The molecular weight excluding hydrogens is 562 g/mol. The van der Waals surface area contributed by atoms with E-state index in [-0.39, 0.29) is 16.6 Å². The summed E-state index contributed by atoms with van der Waals surface area (Å²) in [4.78, 5) is 10.1. The molecule has 7 rings (SSSR count). The zero-order valence-corrected chi connectivity index (χ0v) is 27.3. The fraction of sp³-hybridized carbons (Fsp3) is 0.190. The molecule has 0 amide bonds. The number of para-hydroxylation sites is 1. The van der Waals surface area contributed by atoms with Crippen molar-refractivity contribution in [3.63, 3.8) is 0 Å². The number of aromatic nitrogens is 3. The number of nitrogens with zero attached hydrogens (tertiary/aromatic N) is 3. The van der Waals surface area contributed by atoms with Crippen LogP contribution in [0.4, 0.5) is 0 Å². The van der Waals surface area contributed by atoms with E-state index in [0.717, 1.165) is 55.7 Å². The van der Waals surface area contributed by atoms with Gasteiger partial charge in [-0.15, -0.1) is 0 Å². The van der Waals surface area contributed by atoms with E-state index in [0.29, 0.717) is 5.56 Å². The summed E-state index contributed by atoms with van der Waals surface area (Å²) >= 11 is 0. The van der Waals surface area contributed by atoms with Gasteiger partial charge in [-0.05, 0) is 99.8 Å². The van der Waals surface area contributed by atoms with Crippen LogP contribution in [0.15, 0.2) is 121 Å². The maximum Gasteiger partial charge on any atom is 0.146 e. The van der Waals surface area contributed by atoms with Crippen molar-refractivity contribution < 1.29 is 5.11 Å². The number of hydrogen-bond donors (Lipinski definition) is 1. The van der Waals surface area contributed by atoms with Gasteiger partial charge in [0.2, 0.25) is 0 Å². The van der Waals surface area contributed by atoms with Gasteiger partial charge in [0, 0.05) is 33.8 Å². The molecule has 7 aromatic rings. The predicted octanol–water partition coefficient (Wildman–Crippen LogP) is 10.9. The molecule has 0 aliphatic rings. The SMILES string of the molecule is CC(C)(C)c1cc(-c2cc(-c3ccccc3)ccn2)cc(-n2c3ccc(C(C)(C)C)cc3c3ccc(-c4ccccc4O)nc32)c1. The molecule has 4 nitrogen and oxygen atoms in total. The Bertz CT molecular complexity index is 2230. The first-order valence-corrected chi connectivity index (χ1v) is 15.9. The topological polar surface area (TPSA) is 50.9 Å². The Balaban J connectivity index is 1.52. The van der Waals surface area contributed by atoms with E-state index < -0.39 is 0 Å². The number of pyridine rings is 2. The van der Waals surface area contributed by atoms with Crippen LogP contribution < -0.4 is 0 Å². The molecule has 0 bridgehead atoms. The Morgan fingerprint density at radius 2 is 1.30 bits per heavy atom. The Kier molecular flexibility index (Phi) is 7.05. The summed E-state index contributed by atoms with van der Waals surface area (Å²) in [6.07, 6.45) is 1.90. The van der Waals surface area contributed by atoms with Crippen LogP contribution in [0.5, 0.6) is 5.75 Å². The summed E-state index contributed by atoms with van der Waals surface area (Å²) in [5.74, 6) is 0.216. The molecule has 0 aliphatic heterocycles. The third kappa shape index (κ3) is 5.34. The van der Waals surface area contributed by atoms with Gasteiger partial charge in [-0.1, -0.05) is 90.1 Å². The van der Waals surface area contributed by atoms with Crippen molar-refractivity contribution in [2.45, 2.75) is 52.4 Å². The maximum atomic E-state index is 10.7. The largest absolute Gasteiger partial charge is 0.507 e. The highest BCUT2D eigenvalue weighted by Gasteiger charge is 2.22. The number of benzene rings is 4. The molecule has 3 heterocycles. The lowest BCUT2D eigenvalue weighted by molar-refractivity contribution is 0.477. The summed E-state index contributed by atoms with van der Waals surface area (Å²) < 4.78 is 2.28. The van der Waals surface area contributed by atoms with Gasteiger partial charge >= 0.3 is 0 Å². The van der Waals surface area contributed by atoms with Crippen molar-refractivity contribution in [1.29, 1.82) is 0 Å². The number of phenolic OH excluding ortho intramolecular Hbond substituents is 1. The van der Waals surface area contributed by atoms with Gasteiger partial charge < -0.3 is 5.11 Å². The Morgan fingerprint density at radius 3 is 2.04 bits per heavy atom. The summed E-state index contributed by atoms with van der Waals surface area (Å²) in [7, 11) is 0. The first kappa shape index (κ1) is 29.5. The second kappa shape index (κ2) is 11.0. The van der Waals surface area contributed by atoms with E-state index in [2.05, 4.69) is 125 Å². The molecule has 1 N–H and O–H groups in total. The first-order valence-electron chi connectivity index (χ1n) is 15.9. The first-order chi connectivity index (χ1) is 22.0. The monoisotopic (exact) mass is 601 g/mol. The quantitative estimate of drug-likeness (QED) is 0.218. The molecule has 0 unspecified atom stereocenters. The van der Waals surface area contributed by atoms with E-state index in [1.807, 2.05) is 36.5 Å². The zero-order valence-electron chi connectivity index (χ0n) is 27.3. The van der Waals surface area contributed by atoms with E-state index in [1.54, 1.807) is 6.07 Å². The fourth-order valence-electron chi connectivity index (χ4n) is 6.18. The molecule has 4 heteroatoms. The van der Waals surface area contributed by atoms with Crippen LogP contribution in [0.1, 0.15) is 52.7 Å². The van der Waals surface area contributed by atoms with E-state index in [9.17, 15) is 5.11 Å². The zero-order chi connectivity index (χ0) is 32.2. The normalized spacial score (nSPS) is 12.2. The van der Waals surface area contributed by atoms with Crippen molar-refractivity contribution in [2.75, 3.05) is 0 Å². The van der Waals surface area contributed by atoms with Gasteiger partial charge in [0.05, 0.1) is 16.9 Å². The van der Waals surface area contributed by atoms with E-state index in [4.69, 9.17) is 9.97 Å². The number of fused-ring (bicyclic) bond motifs is 3. The minimum atomic E-state index is -0.103. The summed E-state index contributed by atoms with van der Waals surface area (Å²) in [5, 5.41) is 13.0. The van der Waals surface area contributed by atoms with Gasteiger partial charge in [0.15, 0.2) is 0 Å². The fourth-order valence-corrected chi connectivity index (χ4v) is 6.18. The molecule has 4 aromatic carbocycles. The molecule has 0 aliphatic carbocycles. The lowest BCUT2D eigenvalue weighted by Crippen LogP contribution is -2.12. The van der Waals surface area contributed by atoms with Gasteiger partial charge in [-0.2, -0.15) is 0 Å². The highest BCUT2D eigenvalue weighted by molar-refractivity contribution is 6.09. The lowest BCUT2D eigenvalue weighted by atomic mass is 9.85. The number of aromatic hydroxyl groups is 1. The van der Waals surface area contributed by atoms with Crippen molar-refractivity contribution in [2.24, 2.45) is 0 Å². The predicted molar refractivity (Wildman–Crippen MR) is 192 cm³/mol. The minimum absolute atomic E-state index is 0.000567. The molecule has 0 atom stereocenters. The van der Waals surface area contributed by atoms with Crippen LogP contribution in [0.2, 0.25) is 0 Å². The van der Waals surface area contributed by atoms with E-state index in [1.165, 1.54) is 11.1 Å². The van der Waals surface area contributed by atoms with Gasteiger partial charge in [0.25, 0.3) is 0 Å². The molecular formula is C42H39N3O. The lowest BCUT2D eigenvalue weighted by Gasteiger charge is -2.22. The van der Waals surface area contributed by atoms with Crippen LogP contribution in [-0.4, -0.2) is 19.6 Å². The highest BCUT2D eigenvalue weighted by atomic mass is 16.3. The number of hydrogen-bond acceptors (Lipinski definition) is 3. The molecule has 228 valence electrons. The molecule has 0 radical (unpaired) electrons. The van der Waals surface area contributed by atoms with Gasteiger partial charge in [-0.3, -0.25) is 9.55 Å². The average Bonchev–Trinajstić information content (AvgIpc) is 3.37. The number of rotatable bonds is 4. The maximum absolute atomic E-state index is 10.7. The molecule has 0 spiro atoms. The van der Waals surface area contributed by atoms with Gasteiger partial charge in [0.1, 0.15) is 11.4 Å². The Labute approximate surface area is 271 Å². The van der Waals surface area contributed by atoms with Crippen molar-refractivity contribution in [1.82, 2.24) is 14.5 Å². The summed E-state index contributed by atoms with van der Waals surface area (Å²) in [6, 6.07) is 39.8. The van der Waals surface area contributed by atoms with Gasteiger partial charge in [-0.25, -0.2) is 4.98 Å². The van der Waals surface area contributed by atoms with Crippen molar-refractivity contribution in [3.05, 3.63) is 133 Å². The molecule has 3 aromatic heterocycles. The highest BCUT2D eigenvalue weighted by Crippen LogP contribution is 2.39. The second-order valence-electron chi connectivity index (χ2n) is 14.2. The third-order valence-corrected chi connectivity index (χ3v) is 8.87. The molecule has 0 fully saturated rings. The standard InChI is InChI=1S/C42H39N3O/c1-41(2,3)30-16-19-38-35(26-30)33-17-18-36(34-14-10-11-15-39(34)46)44-40(33)45(38)32-23-29(22-31(25-32)42(4,5)6)37-24-28(20-21-43-37)27-12-8-7-9-13-27/h7-26,46H,1-6H3. The van der Waals surface area contributed by atoms with Crippen LogP contribution in [0.3, 0.4) is 0 Å². The summed E-state index contributed by atoms with van der Waals surface area (Å²) in [6.45, 7) is 13.5. The van der Waals surface area contributed by atoms with Crippen LogP contribution in [0.25, 0.3) is 61.3 Å². The van der Waals surface area contributed by atoms with Crippen LogP contribution >= 0.6 is 0 Å². The Hall–Kier alpha value is -5.22. The van der Waals surface area contributed by atoms with Crippen LogP contribution in [0, 0.1) is 0 Å². The Morgan fingerprint density at radius 1 is 0.565 bits per heavy atom. The second-order valence-corrected chi connectivity index (χ2v) is 14.2. The average molecular weight is 602 g/mol.